The van der Waals surface area contributed by atoms with E-state index in [1.54, 1.807) is 12.1 Å². The van der Waals surface area contributed by atoms with Crippen molar-refractivity contribution >= 4 is 18.0 Å². The van der Waals surface area contributed by atoms with Gasteiger partial charge in [0.2, 0.25) is 12.3 Å². The van der Waals surface area contributed by atoms with Crippen molar-refractivity contribution in [1.29, 1.82) is 0 Å². The average molecular weight is 299 g/mol. The van der Waals surface area contributed by atoms with Crippen LogP contribution in [0.25, 0.3) is 0 Å². The monoisotopic (exact) mass is 299 g/mol. The second kappa shape index (κ2) is 4.51. The maximum atomic E-state index is 14.0. The molecule has 3 aliphatic carbocycles. The molecule has 0 saturated heterocycles. The minimum absolute atomic E-state index is 0.0475. The number of hydrogen-bond acceptors (Lipinski definition) is 2. The molecule has 2 fully saturated rings. The second-order valence-electron chi connectivity index (χ2n) is 6.82. The number of hydrogen-bond donors (Lipinski definition) is 0. The van der Waals surface area contributed by atoms with Crippen molar-refractivity contribution in [3.8, 4) is 0 Å². The van der Waals surface area contributed by atoms with E-state index in [1.807, 2.05) is 0 Å². The third-order valence-corrected chi connectivity index (χ3v) is 5.94. The Balaban J connectivity index is 1.68. The fraction of sp³-hybridized carbons (Fsp3) is 0.444. The second-order valence-corrected chi connectivity index (χ2v) is 6.82. The molecule has 0 radical (unpaired) electrons. The molecule has 0 heterocycles. The van der Waals surface area contributed by atoms with Gasteiger partial charge in [-0.25, -0.2) is 9.29 Å². The number of halogens is 1. The van der Waals surface area contributed by atoms with E-state index in [0.717, 1.165) is 17.7 Å². The highest BCUT2D eigenvalue weighted by Crippen LogP contribution is 2.72. The Labute approximate surface area is 128 Å². The molecule has 1 aromatic carbocycles. The lowest BCUT2D eigenvalue weighted by molar-refractivity contribution is -0.127. The van der Waals surface area contributed by atoms with Gasteiger partial charge in [0.1, 0.15) is 5.82 Å². The van der Waals surface area contributed by atoms with E-state index >= 15 is 0 Å². The van der Waals surface area contributed by atoms with Gasteiger partial charge in [-0.3, -0.25) is 9.59 Å². The van der Waals surface area contributed by atoms with Crippen LogP contribution in [0.3, 0.4) is 0 Å². The molecule has 2 bridgehead atoms. The maximum absolute atomic E-state index is 14.0. The molecule has 1 spiro atoms. The van der Waals surface area contributed by atoms with Gasteiger partial charge in [0.05, 0.1) is 5.69 Å². The first kappa shape index (κ1) is 13.7. The predicted octanol–water partition coefficient (Wildman–Crippen LogP) is 3.16. The lowest BCUT2D eigenvalue weighted by atomic mass is 9.83. The van der Waals surface area contributed by atoms with Gasteiger partial charge in [-0.2, -0.15) is 0 Å². The number of amides is 2. The Morgan fingerprint density at radius 2 is 1.95 bits per heavy atom. The SMILES string of the molecule is C[C@@H]1[C@@H](C(=O)N(C=O)c2ccccc2F)[C@@H]2C=C[C@H]1C21CC1. The van der Waals surface area contributed by atoms with Gasteiger partial charge < -0.3 is 0 Å². The summed E-state index contributed by atoms with van der Waals surface area (Å²) in [5.41, 5.74) is 0.301. The van der Waals surface area contributed by atoms with Gasteiger partial charge in [-0.05, 0) is 48.1 Å². The zero-order valence-corrected chi connectivity index (χ0v) is 12.4. The summed E-state index contributed by atoms with van der Waals surface area (Å²) in [6, 6.07) is 5.93. The Bertz CT molecular complexity index is 679. The van der Waals surface area contributed by atoms with Crippen molar-refractivity contribution in [3.63, 3.8) is 0 Å². The summed E-state index contributed by atoms with van der Waals surface area (Å²) >= 11 is 0. The van der Waals surface area contributed by atoms with Gasteiger partial charge in [0.25, 0.3) is 0 Å². The molecule has 0 N–H and O–H groups in total. The van der Waals surface area contributed by atoms with E-state index in [-0.39, 0.29) is 34.8 Å². The van der Waals surface area contributed by atoms with Crippen LogP contribution in [0.2, 0.25) is 0 Å². The fourth-order valence-corrected chi connectivity index (χ4v) is 4.80. The number of para-hydroxylation sites is 1. The number of allylic oxidation sites excluding steroid dienone is 2. The smallest absolute Gasteiger partial charge is 0.237 e. The van der Waals surface area contributed by atoms with E-state index in [2.05, 4.69) is 19.1 Å². The summed E-state index contributed by atoms with van der Waals surface area (Å²) < 4.78 is 14.0. The molecule has 114 valence electrons. The molecule has 0 unspecified atom stereocenters. The fourth-order valence-electron chi connectivity index (χ4n) is 4.80. The van der Waals surface area contributed by atoms with Crippen LogP contribution in [-0.2, 0) is 9.59 Å². The lowest BCUT2D eigenvalue weighted by Gasteiger charge is -2.27. The van der Waals surface area contributed by atoms with E-state index in [0.29, 0.717) is 12.3 Å². The highest BCUT2D eigenvalue weighted by molar-refractivity contribution is 6.08. The topological polar surface area (TPSA) is 37.4 Å². The van der Waals surface area contributed by atoms with E-state index in [9.17, 15) is 14.0 Å². The van der Waals surface area contributed by atoms with Crippen molar-refractivity contribution in [2.24, 2.45) is 29.1 Å². The van der Waals surface area contributed by atoms with E-state index < -0.39 is 5.82 Å². The van der Waals surface area contributed by atoms with Crippen molar-refractivity contribution in [2.75, 3.05) is 4.90 Å². The number of imide groups is 1. The number of carbonyl (C=O) groups is 2. The van der Waals surface area contributed by atoms with E-state index in [1.165, 1.54) is 12.1 Å². The normalized spacial score (nSPS) is 33.2. The van der Waals surface area contributed by atoms with Gasteiger partial charge >= 0.3 is 0 Å². The van der Waals surface area contributed by atoms with Crippen LogP contribution in [0, 0.1) is 34.9 Å². The van der Waals surface area contributed by atoms with E-state index in [4.69, 9.17) is 0 Å². The van der Waals surface area contributed by atoms with Crippen LogP contribution < -0.4 is 4.90 Å². The third kappa shape index (κ3) is 1.61. The summed E-state index contributed by atoms with van der Waals surface area (Å²) in [5, 5.41) is 0. The number of nitrogens with zero attached hydrogens (tertiary/aromatic N) is 1. The summed E-state index contributed by atoms with van der Waals surface area (Å²) in [6.07, 6.45) is 7.14. The molecule has 4 heteroatoms. The van der Waals surface area contributed by atoms with Crippen LogP contribution in [0.5, 0.6) is 0 Å². The van der Waals surface area contributed by atoms with Crippen molar-refractivity contribution in [2.45, 2.75) is 19.8 Å². The first-order valence-electron chi connectivity index (χ1n) is 7.81. The molecule has 3 nitrogen and oxygen atoms in total. The lowest BCUT2D eigenvalue weighted by Crippen LogP contribution is -2.40. The van der Waals surface area contributed by atoms with Gasteiger partial charge in [-0.1, -0.05) is 31.2 Å². The molecule has 4 rings (SSSR count). The molecule has 2 saturated carbocycles. The molecule has 3 aliphatic rings. The van der Waals surface area contributed by atoms with Crippen LogP contribution in [-0.4, -0.2) is 12.3 Å². The minimum Gasteiger partial charge on any atom is -0.278 e. The van der Waals surface area contributed by atoms with Crippen LogP contribution in [0.4, 0.5) is 10.1 Å². The molecule has 4 atom stereocenters. The molecule has 0 aromatic heterocycles. The molecule has 1 aromatic rings. The summed E-state index contributed by atoms with van der Waals surface area (Å²) in [7, 11) is 0. The molecule has 0 aliphatic heterocycles. The molecular formula is C18H18FNO2. The Hall–Kier alpha value is -1.97. The number of carbonyl (C=O) groups excluding carboxylic acids is 2. The third-order valence-electron chi connectivity index (χ3n) is 5.94. The zero-order chi connectivity index (χ0) is 15.5. The Morgan fingerprint density at radius 1 is 1.27 bits per heavy atom. The average Bonchev–Trinajstić information content (AvgIpc) is 3.17. The minimum atomic E-state index is -0.546. The van der Waals surface area contributed by atoms with Crippen LogP contribution >= 0.6 is 0 Å². The van der Waals surface area contributed by atoms with Gasteiger partial charge in [0, 0.05) is 5.92 Å². The Morgan fingerprint density at radius 3 is 2.55 bits per heavy atom. The first-order chi connectivity index (χ1) is 10.6. The van der Waals surface area contributed by atoms with Crippen molar-refractivity contribution in [3.05, 3.63) is 42.2 Å². The highest BCUT2D eigenvalue weighted by atomic mass is 19.1. The van der Waals surface area contributed by atoms with Crippen LogP contribution in [0.1, 0.15) is 19.8 Å². The zero-order valence-electron chi connectivity index (χ0n) is 12.4. The number of rotatable bonds is 3. The summed E-state index contributed by atoms with van der Waals surface area (Å²) in [4.78, 5) is 25.4. The van der Waals surface area contributed by atoms with Gasteiger partial charge in [-0.15, -0.1) is 0 Å². The van der Waals surface area contributed by atoms with Crippen LogP contribution in [0.15, 0.2) is 36.4 Å². The molecule has 22 heavy (non-hydrogen) atoms. The Kier molecular flexibility index (Phi) is 2.80. The first-order valence-corrected chi connectivity index (χ1v) is 7.81. The quantitative estimate of drug-likeness (QED) is 0.635. The number of anilines is 1. The standard InChI is InChI=1S/C18H18FNO2/c1-11-12-6-7-13(18(12)8-9-18)16(11)17(22)20(10-21)15-5-3-2-4-14(15)19/h2-7,10-13,16H,8-9H2,1H3/t11-,12+,13-,16+/m0/s1. The largest absolute Gasteiger partial charge is 0.278 e. The van der Waals surface area contributed by atoms with Crippen molar-refractivity contribution in [1.82, 2.24) is 0 Å². The maximum Gasteiger partial charge on any atom is 0.237 e. The predicted molar refractivity (Wildman–Crippen MR) is 80.4 cm³/mol. The molecule has 2 amide bonds. The van der Waals surface area contributed by atoms with Crippen molar-refractivity contribution < 1.29 is 14.0 Å². The number of benzene rings is 1. The summed E-state index contributed by atoms with van der Waals surface area (Å²) in [6.45, 7) is 2.08. The molecular weight excluding hydrogens is 281 g/mol. The van der Waals surface area contributed by atoms with Gasteiger partial charge in [0.15, 0.2) is 0 Å². The highest BCUT2D eigenvalue weighted by Gasteiger charge is 2.67. The summed E-state index contributed by atoms with van der Waals surface area (Å²) in [5.74, 6) is -0.192.